The lowest BCUT2D eigenvalue weighted by atomic mass is 10.2. The molecule has 0 aliphatic rings. The van der Waals surface area contributed by atoms with E-state index in [0.717, 1.165) is 0 Å². The molecule has 0 aliphatic heterocycles. The second-order valence-corrected chi connectivity index (χ2v) is 3.48. The minimum absolute atomic E-state index is 0.0886. The first kappa shape index (κ1) is 12.3. The van der Waals surface area contributed by atoms with Crippen LogP contribution in [0.4, 0.5) is 13.2 Å². The van der Waals surface area contributed by atoms with E-state index in [4.69, 9.17) is 11.6 Å². The number of hydrogen-bond acceptors (Lipinski definition) is 1. The number of halogens is 4. The highest BCUT2D eigenvalue weighted by Gasteiger charge is 2.35. The van der Waals surface area contributed by atoms with Gasteiger partial charge in [-0.05, 0) is 11.6 Å². The summed E-state index contributed by atoms with van der Waals surface area (Å²) in [6.45, 7) is 1.17. The Morgan fingerprint density at radius 2 is 1.87 bits per heavy atom. The molecule has 0 atom stereocenters. The van der Waals surface area contributed by atoms with E-state index in [9.17, 15) is 13.2 Å². The van der Waals surface area contributed by atoms with Gasteiger partial charge in [-0.15, -0.1) is 0 Å². The molecule has 0 fully saturated rings. The molecule has 0 spiro atoms. The van der Waals surface area contributed by atoms with Gasteiger partial charge in [0.25, 0.3) is 0 Å². The highest BCUT2D eigenvalue weighted by molar-refractivity contribution is 6.31. The molecule has 84 valence electrons. The van der Waals surface area contributed by atoms with Crippen LogP contribution in [-0.4, -0.2) is 17.7 Å². The van der Waals surface area contributed by atoms with Crippen LogP contribution in [0.5, 0.6) is 0 Å². The van der Waals surface area contributed by atoms with Gasteiger partial charge in [0.15, 0.2) is 0 Å². The zero-order valence-corrected chi connectivity index (χ0v) is 8.94. The standard InChI is InChI=1S/C10H11ClF3N/c1-2-15(10(12,13)14)7-8-5-3-4-6-9(8)11/h3-6H,2,7H2,1H3. The van der Waals surface area contributed by atoms with Crippen LogP contribution in [0.15, 0.2) is 24.3 Å². The van der Waals surface area contributed by atoms with Crippen LogP contribution in [0.3, 0.4) is 0 Å². The summed E-state index contributed by atoms with van der Waals surface area (Å²) in [7, 11) is 0. The zero-order valence-electron chi connectivity index (χ0n) is 8.18. The fourth-order valence-corrected chi connectivity index (χ4v) is 1.41. The van der Waals surface area contributed by atoms with Gasteiger partial charge in [-0.3, -0.25) is 0 Å². The average molecular weight is 238 g/mol. The molecule has 0 N–H and O–H groups in total. The van der Waals surface area contributed by atoms with E-state index in [-0.39, 0.29) is 13.1 Å². The van der Waals surface area contributed by atoms with Crippen LogP contribution in [-0.2, 0) is 6.54 Å². The lowest BCUT2D eigenvalue weighted by Crippen LogP contribution is -2.37. The third-order valence-corrected chi connectivity index (χ3v) is 2.43. The monoisotopic (exact) mass is 237 g/mol. The Bertz CT molecular complexity index is 325. The molecule has 0 amide bonds. The maximum atomic E-state index is 12.4. The molecule has 0 heterocycles. The van der Waals surface area contributed by atoms with Crippen LogP contribution < -0.4 is 0 Å². The third kappa shape index (κ3) is 3.39. The number of alkyl halides is 3. The molecule has 0 aliphatic carbocycles. The Kier molecular flexibility index (Phi) is 3.99. The first-order valence-electron chi connectivity index (χ1n) is 4.50. The van der Waals surface area contributed by atoms with E-state index in [0.29, 0.717) is 15.5 Å². The molecule has 0 saturated heterocycles. The summed E-state index contributed by atoms with van der Waals surface area (Å²) < 4.78 is 37.3. The van der Waals surface area contributed by atoms with Crippen molar-refractivity contribution in [3.63, 3.8) is 0 Å². The van der Waals surface area contributed by atoms with E-state index in [1.165, 1.54) is 6.92 Å². The largest absolute Gasteiger partial charge is 0.460 e. The van der Waals surface area contributed by atoms with Crippen LogP contribution in [0.1, 0.15) is 12.5 Å². The smallest absolute Gasteiger partial charge is 0.210 e. The summed E-state index contributed by atoms with van der Waals surface area (Å²) >= 11 is 5.78. The minimum atomic E-state index is -4.31. The predicted octanol–water partition coefficient (Wildman–Crippen LogP) is 3.68. The first-order valence-corrected chi connectivity index (χ1v) is 4.88. The van der Waals surface area contributed by atoms with Gasteiger partial charge in [-0.1, -0.05) is 36.7 Å². The molecule has 1 nitrogen and oxygen atoms in total. The van der Waals surface area contributed by atoms with Crippen molar-refractivity contribution in [3.05, 3.63) is 34.9 Å². The maximum Gasteiger partial charge on any atom is 0.460 e. The summed E-state index contributed by atoms with van der Waals surface area (Å²) in [6, 6.07) is 6.54. The first-order chi connectivity index (χ1) is 6.95. The Morgan fingerprint density at radius 3 is 2.33 bits per heavy atom. The number of hydrogen-bond donors (Lipinski definition) is 0. The van der Waals surface area contributed by atoms with Gasteiger partial charge >= 0.3 is 6.30 Å². The molecule has 1 aromatic carbocycles. The molecule has 15 heavy (non-hydrogen) atoms. The molecule has 0 bridgehead atoms. The van der Waals surface area contributed by atoms with Crippen molar-refractivity contribution in [2.45, 2.75) is 19.8 Å². The van der Waals surface area contributed by atoms with Gasteiger partial charge in [0.1, 0.15) is 0 Å². The summed E-state index contributed by atoms with van der Waals surface area (Å²) in [4.78, 5) is 0.411. The maximum absolute atomic E-state index is 12.4. The second kappa shape index (κ2) is 4.86. The van der Waals surface area contributed by atoms with Crippen molar-refractivity contribution >= 4 is 11.6 Å². The second-order valence-electron chi connectivity index (χ2n) is 3.07. The summed E-state index contributed by atoms with van der Waals surface area (Å²) in [6.07, 6.45) is -4.31. The molecule has 0 saturated carbocycles. The van der Waals surface area contributed by atoms with Gasteiger partial charge in [-0.25, -0.2) is 4.90 Å². The number of nitrogens with zero attached hydrogens (tertiary/aromatic N) is 1. The van der Waals surface area contributed by atoms with Crippen molar-refractivity contribution in [2.75, 3.05) is 6.54 Å². The fraction of sp³-hybridized carbons (Fsp3) is 0.400. The van der Waals surface area contributed by atoms with E-state index in [1.807, 2.05) is 0 Å². The molecule has 0 aromatic heterocycles. The Hall–Kier alpha value is -0.740. The minimum Gasteiger partial charge on any atom is -0.210 e. The van der Waals surface area contributed by atoms with Crippen LogP contribution in [0.25, 0.3) is 0 Å². The summed E-state index contributed by atoms with van der Waals surface area (Å²) in [5.74, 6) is 0. The van der Waals surface area contributed by atoms with Gasteiger partial charge in [0.05, 0.1) is 0 Å². The molecule has 1 aromatic rings. The highest BCUT2D eigenvalue weighted by atomic mass is 35.5. The molecule has 0 unspecified atom stereocenters. The normalized spacial score (nSPS) is 12.1. The van der Waals surface area contributed by atoms with E-state index < -0.39 is 6.30 Å². The van der Waals surface area contributed by atoms with E-state index in [2.05, 4.69) is 0 Å². The lowest BCUT2D eigenvalue weighted by molar-refractivity contribution is -0.247. The van der Waals surface area contributed by atoms with Crippen LogP contribution in [0, 0.1) is 0 Å². The van der Waals surface area contributed by atoms with Crippen LogP contribution >= 0.6 is 11.6 Å². The zero-order chi connectivity index (χ0) is 11.5. The highest BCUT2D eigenvalue weighted by Crippen LogP contribution is 2.25. The fourth-order valence-electron chi connectivity index (χ4n) is 1.21. The number of benzene rings is 1. The molecule has 5 heteroatoms. The Labute approximate surface area is 91.5 Å². The topological polar surface area (TPSA) is 3.24 Å². The van der Waals surface area contributed by atoms with Crippen LogP contribution in [0.2, 0.25) is 5.02 Å². The Balaban J connectivity index is 2.80. The molecule has 0 radical (unpaired) electrons. The molecular weight excluding hydrogens is 227 g/mol. The molecular formula is C10H11ClF3N. The third-order valence-electron chi connectivity index (χ3n) is 2.06. The van der Waals surface area contributed by atoms with Crippen molar-refractivity contribution in [3.8, 4) is 0 Å². The van der Waals surface area contributed by atoms with Gasteiger partial charge < -0.3 is 0 Å². The Morgan fingerprint density at radius 1 is 1.27 bits per heavy atom. The molecule has 1 rings (SSSR count). The number of rotatable bonds is 3. The predicted molar refractivity (Wildman–Crippen MR) is 53.6 cm³/mol. The van der Waals surface area contributed by atoms with E-state index in [1.54, 1.807) is 24.3 Å². The van der Waals surface area contributed by atoms with Gasteiger partial charge in [0, 0.05) is 18.1 Å². The van der Waals surface area contributed by atoms with E-state index >= 15 is 0 Å². The summed E-state index contributed by atoms with van der Waals surface area (Å²) in [5, 5.41) is 0.361. The van der Waals surface area contributed by atoms with Gasteiger partial charge in [0.2, 0.25) is 0 Å². The van der Waals surface area contributed by atoms with Crippen molar-refractivity contribution in [1.82, 2.24) is 4.90 Å². The van der Waals surface area contributed by atoms with Gasteiger partial charge in [-0.2, -0.15) is 13.2 Å². The SMILES string of the molecule is CCN(Cc1ccccc1Cl)C(F)(F)F. The summed E-state index contributed by atoms with van der Waals surface area (Å²) in [5.41, 5.74) is 0.485. The quantitative estimate of drug-likeness (QED) is 0.725. The average Bonchev–Trinajstić information content (AvgIpc) is 2.14. The lowest BCUT2D eigenvalue weighted by Gasteiger charge is -2.23. The van der Waals surface area contributed by atoms with Crippen molar-refractivity contribution in [1.29, 1.82) is 0 Å². The van der Waals surface area contributed by atoms with Crippen molar-refractivity contribution < 1.29 is 13.2 Å². The van der Waals surface area contributed by atoms with Crippen molar-refractivity contribution in [2.24, 2.45) is 0 Å².